The lowest BCUT2D eigenvalue weighted by molar-refractivity contribution is 0.0946. The van der Waals surface area contributed by atoms with E-state index < -0.39 is 11.7 Å². The molecular formula is C12H11FN2O2S. The Morgan fingerprint density at radius 3 is 2.94 bits per heavy atom. The number of aryl methyl sites for hydroxylation is 1. The molecule has 2 aromatic rings. The molecule has 0 saturated heterocycles. The molecule has 0 radical (unpaired) electrons. The normalized spacial score (nSPS) is 10.3. The number of aromatic nitrogens is 1. The van der Waals surface area contributed by atoms with Gasteiger partial charge in [-0.2, -0.15) is 0 Å². The van der Waals surface area contributed by atoms with Crippen molar-refractivity contribution in [2.24, 2.45) is 0 Å². The molecule has 0 aliphatic rings. The molecule has 1 aromatic heterocycles. The Bertz CT molecular complexity index is 583. The quantitative estimate of drug-likeness (QED) is 0.895. The van der Waals surface area contributed by atoms with Crippen molar-refractivity contribution in [3.05, 3.63) is 45.7 Å². The molecular weight excluding hydrogens is 255 g/mol. The summed E-state index contributed by atoms with van der Waals surface area (Å²) in [6, 6.07) is 3.42. The number of halogens is 1. The van der Waals surface area contributed by atoms with E-state index in [0.717, 1.165) is 16.8 Å². The third-order valence-electron chi connectivity index (χ3n) is 2.29. The highest BCUT2D eigenvalue weighted by Gasteiger charge is 2.12. The van der Waals surface area contributed by atoms with Gasteiger partial charge < -0.3 is 10.4 Å². The number of thiazole rings is 1. The standard InChI is InChI=1S/C12H11FN2O2S/c1-7-15-8(6-18-7)5-14-12(17)10-3-2-9(16)4-11(10)13/h2-4,6,16H,5H2,1H3,(H,14,17). The van der Waals surface area contributed by atoms with Crippen LogP contribution in [-0.2, 0) is 6.54 Å². The zero-order chi connectivity index (χ0) is 13.1. The van der Waals surface area contributed by atoms with Gasteiger partial charge in [0.2, 0.25) is 0 Å². The van der Waals surface area contributed by atoms with Gasteiger partial charge in [0.1, 0.15) is 11.6 Å². The van der Waals surface area contributed by atoms with Crippen LogP contribution < -0.4 is 5.32 Å². The predicted molar refractivity (Wildman–Crippen MR) is 66.1 cm³/mol. The van der Waals surface area contributed by atoms with E-state index in [1.54, 1.807) is 0 Å². The number of hydrogen-bond donors (Lipinski definition) is 2. The summed E-state index contributed by atoms with van der Waals surface area (Å²) < 4.78 is 13.4. The van der Waals surface area contributed by atoms with Gasteiger partial charge in [-0.1, -0.05) is 0 Å². The topological polar surface area (TPSA) is 62.2 Å². The molecule has 18 heavy (non-hydrogen) atoms. The van der Waals surface area contributed by atoms with E-state index >= 15 is 0 Å². The second-order valence-corrected chi connectivity index (χ2v) is 4.77. The minimum Gasteiger partial charge on any atom is -0.508 e. The zero-order valence-corrected chi connectivity index (χ0v) is 10.4. The van der Waals surface area contributed by atoms with Gasteiger partial charge >= 0.3 is 0 Å². The number of carbonyl (C=O) groups excluding carboxylic acids is 1. The van der Waals surface area contributed by atoms with Gasteiger partial charge in [0, 0.05) is 11.4 Å². The number of nitrogens with zero attached hydrogens (tertiary/aromatic N) is 1. The molecule has 0 bridgehead atoms. The summed E-state index contributed by atoms with van der Waals surface area (Å²) in [5.41, 5.74) is 0.643. The van der Waals surface area contributed by atoms with Crippen molar-refractivity contribution in [3.63, 3.8) is 0 Å². The predicted octanol–water partition coefficient (Wildman–Crippen LogP) is 2.23. The maximum absolute atomic E-state index is 13.4. The first-order valence-electron chi connectivity index (χ1n) is 5.24. The van der Waals surface area contributed by atoms with E-state index in [1.165, 1.54) is 23.5 Å². The lowest BCUT2D eigenvalue weighted by Crippen LogP contribution is -2.23. The monoisotopic (exact) mass is 266 g/mol. The summed E-state index contributed by atoms with van der Waals surface area (Å²) in [7, 11) is 0. The van der Waals surface area contributed by atoms with E-state index in [-0.39, 0.29) is 17.9 Å². The molecule has 0 spiro atoms. The average molecular weight is 266 g/mol. The average Bonchev–Trinajstić information content (AvgIpc) is 2.72. The Hall–Kier alpha value is -1.95. The molecule has 2 N–H and O–H groups in total. The molecule has 0 aliphatic carbocycles. The van der Waals surface area contributed by atoms with E-state index in [0.29, 0.717) is 0 Å². The fourth-order valence-electron chi connectivity index (χ4n) is 1.44. The highest BCUT2D eigenvalue weighted by molar-refractivity contribution is 7.09. The largest absolute Gasteiger partial charge is 0.508 e. The highest BCUT2D eigenvalue weighted by Crippen LogP contribution is 2.15. The van der Waals surface area contributed by atoms with E-state index in [1.807, 2.05) is 12.3 Å². The van der Waals surface area contributed by atoms with Crippen LogP contribution in [0.15, 0.2) is 23.6 Å². The molecule has 0 fully saturated rings. The van der Waals surface area contributed by atoms with Crippen molar-refractivity contribution in [2.45, 2.75) is 13.5 Å². The molecule has 0 aliphatic heterocycles. The van der Waals surface area contributed by atoms with Crippen molar-refractivity contribution in [3.8, 4) is 5.75 Å². The molecule has 6 heteroatoms. The number of rotatable bonds is 3. The molecule has 2 rings (SSSR count). The number of amides is 1. The SMILES string of the molecule is Cc1nc(CNC(=O)c2ccc(O)cc2F)cs1. The fourth-order valence-corrected chi connectivity index (χ4v) is 2.06. The molecule has 0 saturated carbocycles. The Morgan fingerprint density at radius 2 is 2.33 bits per heavy atom. The minimum absolute atomic E-state index is 0.0975. The van der Waals surface area contributed by atoms with Crippen molar-refractivity contribution in [2.75, 3.05) is 0 Å². The molecule has 1 heterocycles. The lowest BCUT2D eigenvalue weighted by Gasteiger charge is -2.04. The van der Waals surface area contributed by atoms with Crippen molar-refractivity contribution in [1.29, 1.82) is 0 Å². The number of carbonyl (C=O) groups is 1. The Kier molecular flexibility index (Phi) is 3.57. The van der Waals surface area contributed by atoms with Crippen LogP contribution in [0.25, 0.3) is 0 Å². The smallest absolute Gasteiger partial charge is 0.254 e. The fraction of sp³-hybridized carbons (Fsp3) is 0.167. The zero-order valence-electron chi connectivity index (χ0n) is 9.61. The van der Waals surface area contributed by atoms with Crippen LogP contribution in [0.5, 0.6) is 5.75 Å². The third-order valence-corrected chi connectivity index (χ3v) is 3.12. The van der Waals surface area contributed by atoms with Crippen molar-refractivity contribution >= 4 is 17.2 Å². The van der Waals surface area contributed by atoms with Gasteiger partial charge in [-0.05, 0) is 19.1 Å². The first-order valence-corrected chi connectivity index (χ1v) is 6.12. The highest BCUT2D eigenvalue weighted by atomic mass is 32.1. The maximum Gasteiger partial charge on any atom is 0.254 e. The van der Waals surface area contributed by atoms with Gasteiger partial charge in [0.25, 0.3) is 5.91 Å². The van der Waals surface area contributed by atoms with Gasteiger partial charge in [-0.25, -0.2) is 9.37 Å². The van der Waals surface area contributed by atoms with Crippen LogP contribution in [0, 0.1) is 12.7 Å². The Labute approximate surface area is 107 Å². The second-order valence-electron chi connectivity index (χ2n) is 3.70. The van der Waals surface area contributed by atoms with E-state index in [9.17, 15) is 9.18 Å². The first-order chi connectivity index (χ1) is 8.56. The van der Waals surface area contributed by atoms with Crippen molar-refractivity contribution in [1.82, 2.24) is 10.3 Å². The molecule has 1 aromatic carbocycles. The number of phenols is 1. The molecule has 1 amide bonds. The molecule has 0 atom stereocenters. The van der Waals surface area contributed by atoms with Gasteiger partial charge in [-0.3, -0.25) is 4.79 Å². The number of benzene rings is 1. The summed E-state index contributed by atoms with van der Waals surface area (Å²) >= 11 is 1.49. The van der Waals surface area contributed by atoms with Crippen molar-refractivity contribution < 1.29 is 14.3 Å². The van der Waals surface area contributed by atoms with Crippen LogP contribution in [0.2, 0.25) is 0 Å². The maximum atomic E-state index is 13.4. The molecule has 4 nitrogen and oxygen atoms in total. The Balaban J connectivity index is 2.03. The minimum atomic E-state index is -0.748. The number of hydrogen-bond acceptors (Lipinski definition) is 4. The second kappa shape index (κ2) is 5.14. The van der Waals surface area contributed by atoms with Gasteiger partial charge in [0.15, 0.2) is 0 Å². The molecule has 0 unspecified atom stereocenters. The van der Waals surface area contributed by atoms with Crippen LogP contribution >= 0.6 is 11.3 Å². The van der Waals surface area contributed by atoms with E-state index in [4.69, 9.17) is 5.11 Å². The van der Waals surface area contributed by atoms with Crippen LogP contribution in [0.3, 0.4) is 0 Å². The summed E-state index contributed by atoms with van der Waals surface area (Å²) in [6.07, 6.45) is 0. The van der Waals surface area contributed by atoms with Crippen LogP contribution in [-0.4, -0.2) is 16.0 Å². The number of nitrogens with one attached hydrogen (secondary N) is 1. The van der Waals surface area contributed by atoms with Gasteiger partial charge in [-0.15, -0.1) is 11.3 Å². The summed E-state index contributed by atoms with van der Waals surface area (Å²) in [5, 5.41) is 14.4. The van der Waals surface area contributed by atoms with E-state index in [2.05, 4.69) is 10.3 Å². The lowest BCUT2D eigenvalue weighted by atomic mass is 10.2. The summed E-state index contributed by atoms with van der Waals surface area (Å²) in [6.45, 7) is 2.12. The van der Waals surface area contributed by atoms with Gasteiger partial charge in [0.05, 0.1) is 22.8 Å². The summed E-state index contributed by atoms with van der Waals surface area (Å²) in [5.74, 6) is -1.49. The Morgan fingerprint density at radius 1 is 1.56 bits per heavy atom. The van der Waals surface area contributed by atoms with Crippen LogP contribution in [0.1, 0.15) is 21.1 Å². The molecule has 94 valence electrons. The number of phenolic OH excluding ortho intramolecular Hbond substituents is 1. The number of aromatic hydroxyl groups is 1. The first kappa shape index (κ1) is 12.5. The summed E-state index contributed by atoms with van der Waals surface area (Å²) in [4.78, 5) is 15.9. The third kappa shape index (κ3) is 2.84. The van der Waals surface area contributed by atoms with Crippen LogP contribution in [0.4, 0.5) is 4.39 Å².